The lowest BCUT2D eigenvalue weighted by molar-refractivity contribution is 0.155. The van der Waals surface area contributed by atoms with Crippen LogP contribution in [0.5, 0.6) is 5.75 Å². The first-order valence-electron chi connectivity index (χ1n) is 5.41. The number of thiol groups is 1. The molecule has 0 heterocycles. The van der Waals surface area contributed by atoms with E-state index in [1.807, 2.05) is 0 Å². The van der Waals surface area contributed by atoms with Crippen LogP contribution in [0.2, 0.25) is 0 Å². The van der Waals surface area contributed by atoms with E-state index in [4.69, 9.17) is 27.9 Å². The zero-order valence-electron chi connectivity index (χ0n) is 10.4. The van der Waals surface area contributed by atoms with Crippen LogP contribution in [0, 0.1) is 5.82 Å². The maximum atomic E-state index is 12.7. The van der Waals surface area contributed by atoms with E-state index in [0.29, 0.717) is 0 Å². The third kappa shape index (κ3) is 4.44. The second kappa shape index (κ2) is 6.68. The number of ether oxygens (including phenoxy) is 1. The van der Waals surface area contributed by atoms with Crippen LogP contribution in [0.1, 0.15) is 6.92 Å². The summed E-state index contributed by atoms with van der Waals surface area (Å²) in [6.07, 6.45) is -0.649. The number of halogens is 3. The summed E-state index contributed by atoms with van der Waals surface area (Å²) < 4.78 is 17.8. The van der Waals surface area contributed by atoms with Crippen LogP contribution in [0.3, 0.4) is 0 Å². The summed E-state index contributed by atoms with van der Waals surface area (Å²) in [5, 5.41) is -0.625. The zero-order chi connectivity index (χ0) is 14.6. The van der Waals surface area contributed by atoms with Gasteiger partial charge in [-0.05, 0) is 31.2 Å². The molecule has 0 radical (unpaired) electrons. The van der Waals surface area contributed by atoms with Crippen LogP contribution in [0.25, 0.3) is 0 Å². The monoisotopic (exact) mass is 325 g/mol. The highest BCUT2D eigenvalue weighted by molar-refractivity contribution is 7.81. The van der Waals surface area contributed by atoms with Crippen molar-refractivity contribution in [1.82, 2.24) is 4.90 Å². The Bertz CT molecular complexity index is 442. The van der Waals surface area contributed by atoms with E-state index in [1.54, 1.807) is 6.92 Å². The van der Waals surface area contributed by atoms with Gasteiger partial charge in [0.15, 0.2) is 0 Å². The molecule has 0 aliphatic rings. The van der Waals surface area contributed by atoms with E-state index < -0.39 is 22.2 Å². The Kier molecular flexibility index (Phi) is 5.77. The average Bonchev–Trinajstić information content (AvgIpc) is 2.39. The summed E-state index contributed by atoms with van der Waals surface area (Å²) in [6, 6.07) is 5.11. The first-order chi connectivity index (χ1) is 8.77. The van der Waals surface area contributed by atoms with Crippen LogP contribution in [0.4, 0.5) is 9.18 Å². The van der Waals surface area contributed by atoms with Crippen molar-refractivity contribution in [3.05, 3.63) is 30.1 Å². The number of benzene rings is 1. The van der Waals surface area contributed by atoms with Gasteiger partial charge >= 0.3 is 6.09 Å². The quantitative estimate of drug-likeness (QED) is 0.519. The van der Waals surface area contributed by atoms with Crippen molar-refractivity contribution in [1.29, 1.82) is 0 Å². The Hall–Kier alpha value is -0.650. The molecule has 0 aromatic heterocycles. The zero-order valence-corrected chi connectivity index (χ0v) is 12.8. The van der Waals surface area contributed by atoms with Crippen molar-refractivity contribution >= 4 is 41.9 Å². The third-order valence-corrected chi connectivity index (χ3v) is 4.57. The molecule has 7 heteroatoms. The number of nitrogens with zero attached hydrogens (tertiary/aromatic N) is 1. The summed E-state index contributed by atoms with van der Waals surface area (Å²) in [5.74, 6) is -0.0479. The van der Waals surface area contributed by atoms with Gasteiger partial charge in [0, 0.05) is 12.9 Å². The summed E-state index contributed by atoms with van der Waals surface area (Å²) >= 11 is 16.1. The van der Waals surface area contributed by atoms with Crippen LogP contribution < -0.4 is 4.74 Å². The van der Waals surface area contributed by atoms with Gasteiger partial charge < -0.3 is 4.74 Å². The number of carbonyl (C=O) groups is 1. The van der Waals surface area contributed by atoms with E-state index in [2.05, 4.69) is 12.6 Å². The topological polar surface area (TPSA) is 29.5 Å². The van der Waals surface area contributed by atoms with Crippen LogP contribution >= 0.6 is 35.8 Å². The number of carbonyl (C=O) groups excluding carboxylic acids is 1. The molecule has 1 rings (SSSR count). The molecular weight excluding hydrogens is 312 g/mol. The molecule has 0 aliphatic carbocycles. The van der Waals surface area contributed by atoms with E-state index >= 15 is 0 Å². The molecule has 1 aromatic rings. The number of alkyl halides is 2. The maximum Gasteiger partial charge on any atom is 0.415 e. The molecule has 0 bridgehead atoms. The minimum Gasteiger partial charge on any atom is -0.410 e. The van der Waals surface area contributed by atoms with Gasteiger partial charge in [0.1, 0.15) is 11.6 Å². The number of hydrogen-bond donors (Lipinski definition) is 1. The highest BCUT2D eigenvalue weighted by Crippen LogP contribution is 2.28. The third-order valence-electron chi connectivity index (χ3n) is 2.47. The fourth-order valence-electron chi connectivity index (χ4n) is 1.25. The highest BCUT2D eigenvalue weighted by atomic mass is 35.5. The lowest BCUT2D eigenvalue weighted by Gasteiger charge is -2.33. The van der Waals surface area contributed by atoms with Gasteiger partial charge in [0.05, 0.1) is 10.2 Å². The molecule has 3 nitrogen and oxygen atoms in total. The molecule has 0 saturated heterocycles. The van der Waals surface area contributed by atoms with Gasteiger partial charge in [-0.1, -0.05) is 0 Å². The molecule has 0 N–H and O–H groups in total. The molecule has 19 heavy (non-hydrogen) atoms. The lowest BCUT2D eigenvalue weighted by atomic mass is 10.2. The first kappa shape index (κ1) is 16.4. The Morgan fingerprint density at radius 3 is 2.53 bits per heavy atom. The second-order valence-corrected chi connectivity index (χ2v) is 5.84. The molecule has 0 fully saturated rings. The summed E-state index contributed by atoms with van der Waals surface area (Å²) in [7, 11) is 1.50. The van der Waals surface area contributed by atoms with Crippen LogP contribution in [0.15, 0.2) is 24.3 Å². The summed E-state index contributed by atoms with van der Waals surface area (Å²) in [5.41, 5.74) is 0. The standard InChI is InChI=1S/C12H14Cl2FNO2S/c1-12(14,7-13)10(19)16(2)11(17)18-9-5-3-8(15)4-6-9/h3-6,10,19H,7H2,1-2H3. The molecule has 2 unspecified atom stereocenters. The average molecular weight is 326 g/mol. The molecule has 106 valence electrons. The molecule has 1 aromatic carbocycles. The van der Waals surface area contributed by atoms with Crippen LogP contribution in [-0.4, -0.2) is 34.2 Å². The smallest absolute Gasteiger partial charge is 0.410 e. The Labute approximate surface area is 127 Å². The SMILES string of the molecule is CN(C(=O)Oc1ccc(F)cc1)C(S)C(C)(Cl)CCl. The van der Waals surface area contributed by atoms with Gasteiger partial charge in [0.25, 0.3) is 0 Å². The fraction of sp³-hybridized carbons (Fsp3) is 0.417. The minimum atomic E-state index is -0.888. The second-order valence-electron chi connectivity index (χ2n) is 4.22. The number of rotatable bonds is 4. The maximum absolute atomic E-state index is 12.7. The minimum absolute atomic E-state index is 0.122. The predicted molar refractivity (Wildman–Crippen MR) is 77.9 cm³/mol. The van der Waals surface area contributed by atoms with E-state index in [0.717, 1.165) is 0 Å². The van der Waals surface area contributed by atoms with Crippen molar-refractivity contribution in [3.8, 4) is 5.75 Å². The van der Waals surface area contributed by atoms with Gasteiger partial charge in [-0.25, -0.2) is 9.18 Å². The summed E-state index contributed by atoms with van der Waals surface area (Å²) in [4.78, 5) is 12.2. The van der Waals surface area contributed by atoms with E-state index in [-0.39, 0.29) is 11.6 Å². The largest absolute Gasteiger partial charge is 0.415 e. The van der Waals surface area contributed by atoms with Gasteiger partial charge in [-0.15, -0.1) is 23.2 Å². The molecule has 0 spiro atoms. The fourth-order valence-corrected chi connectivity index (χ4v) is 1.83. The van der Waals surface area contributed by atoms with Gasteiger partial charge in [0.2, 0.25) is 0 Å². The first-order valence-corrected chi connectivity index (χ1v) is 6.84. The Morgan fingerprint density at radius 1 is 1.53 bits per heavy atom. The Morgan fingerprint density at radius 2 is 2.05 bits per heavy atom. The van der Waals surface area contributed by atoms with Crippen LogP contribution in [-0.2, 0) is 0 Å². The van der Waals surface area contributed by atoms with Crippen molar-refractivity contribution < 1.29 is 13.9 Å². The normalized spacial score (nSPS) is 15.5. The molecular formula is C12H14Cl2FNO2S. The number of amides is 1. The predicted octanol–water partition coefficient (Wildman–Crippen LogP) is 3.75. The molecule has 0 aliphatic heterocycles. The molecule has 1 amide bonds. The highest BCUT2D eigenvalue weighted by Gasteiger charge is 2.34. The van der Waals surface area contributed by atoms with Gasteiger partial charge in [-0.3, -0.25) is 4.90 Å². The lowest BCUT2D eigenvalue weighted by Crippen LogP contribution is -2.47. The van der Waals surface area contributed by atoms with Crippen molar-refractivity contribution in [2.45, 2.75) is 17.2 Å². The molecule has 0 saturated carbocycles. The van der Waals surface area contributed by atoms with Crippen molar-refractivity contribution in [3.63, 3.8) is 0 Å². The van der Waals surface area contributed by atoms with Gasteiger partial charge in [-0.2, -0.15) is 12.6 Å². The van der Waals surface area contributed by atoms with Crippen molar-refractivity contribution in [2.24, 2.45) is 0 Å². The van der Waals surface area contributed by atoms with E-state index in [1.165, 1.54) is 36.2 Å². The number of hydrogen-bond acceptors (Lipinski definition) is 3. The molecule has 2 atom stereocenters. The summed E-state index contributed by atoms with van der Waals surface area (Å²) in [6.45, 7) is 1.67. The Balaban J connectivity index is 2.70. The van der Waals surface area contributed by atoms with E-state index in [9.17, 15) is 9.18 Å². The van der Waals surface area contributed by atoms with Crippen molar-refractivity contribution in [2.75, 3.05) is 12.9 Å².